The standard InChI is InChI=1S/C19H19N3O4/c1-25-18(23)13-22-12-15(16-4-2-3-5-17(16)22)10-14(11-20)19(24)21-6-8-26-9-7-21/h2-5,10,12H,6-9,13H2,1H3. The van der Waals surface area contributed by atoms with E-state index in [1.807, 2.05) is 30.3 Å². The van der Waals surface area contributed by atoms with Crippen LogP contribution in [0.2, 0.25) is 0 Å². The van der Waals surface area contributed by atoms with Gasteiger partial charge < -0.3 is 18.9 Å². The summed E-state index contributed by atoms with van der Waals surface area (Å²) in [5, 5.41) is 10.3. The number of hydrogen-bond donors (Lipinski definition) is 0. The summed E-state index contributed by atoms with van der Waals surface area (Å²) in [7, 11) is 1.34. The van der Waals surface area contributed by atoms with E-state index in [2.05, 4.69) is 0 Å². The minimum absolute atomic E-state index is 0.0597. The highest BCUT2D eigenvalue weighted by atomic mass is 16.5. The zero-order chi connectivity index (χ0) is 18.5. The molecule has 1 aromatic carbocycles. The largest absolute Gasteiger partial charge is 0.468 e. The van der Waals surface area contributed by atoms with E-state index in [4.69, 9.17) is 9.47 Å². The molecule has 7 heteroatoms. The summed E-state index contributed by atoms with van der Waals surface area (Å²) < 4.78 is 11.7. The van der Waals surface area contributed by atoms with E-state index >= 15 is 0 Å². The first kappa shape index (κ1) is 17.7. The van der Waals surface area contributed by atoms with Gasteiger partial charge in [0.15, 0.2) is 0 Å². The molecule has 0 unspecified atom stereocenters. The number of fused-ring (bicyclic) bond motifs is 1. The van der Waals surface area contributed by atoms with Crippen LogP contribution in [-0.2, 0) is 25.6 Å². The Morgan fingerprint density at radius 2 is 2.04 bits per heavy atom. The van der Waals surface area contributed by atoms with Crippen LogP contribution in [0.4, 0.5) is 0 Å². The molecule has 1 amide bonds. The highest BCUT2D eigenvalue weighted by Gasteiger charge is 2.21. The van der Waals surface area contributed by atoms with Gasteiger partial charge in [0.2, 0.25) is 0 Å². The summed E-state index contributed by atoms with van der Waals surface area (Å²) in [6.07, 6.45) is 3.33. The highest BCUT2D eigenvalue weighted by Crippen LogP contribution is 2.24. The molecule has 0 radical (unpaired) electrons. The maximum atomic E-state index is 12.6. The first-order valence-corrected chi connectivity index (χ1v) is 8.27. The molecule has 3 rings (SSSR count). The molecule has 0 aliphatic carbocycles. The number of nitrogens with zero attached hydrogens (tertiary/aromatic N) is 3. The van der Waals surface area contributed by atoms with Crippen molar-refractivity contribution < 1.29 is 19.1 Å². The van der Waals surface area contributed by atoms with Crippen LogP contribution in [0, 0.1) is 11.3 Å². The Balaban J connectivity index is 1.98. The van der Waals surface area contributed by atoms with Crippen molar-refractivity contribution in [2.24, 2.45) is 0 Å². The second-order valence-electron chi connectivity index (χ2n) is 5.88. The van der Waals surface area contributed by atoms with Gasteiger partial charge in [0.25, 0.3) is 5.91 Å². The average Bonchev–Trinajstić information content (AvgIpc) is 3.03. The van der Waals surface area contributed by atoms with Crippen molar-refractivity contribution >= 4 is 28.9 Å². The van der Waals surface area contributed by atoms with Gasteiger partial charge in [0, 0.05) is 35.8 Å². The lowest BCUT2D eigenvalue weighted by atomic mass is 10.1. The molecule has 0 saturated carbocycles. The number of hydrogen-bond acceptors (Lipinski definition) is 5. The van der Waals surface area contributed by atoms with Crippen molar-refractivity contribution in [3.8, 4) is 6.07 Å². The third kappa shape index (κ3) is 3.60. The number of esters is 1. The Hall–Kier alpha value is -3.11. The third-order valence-corrected chi connectivity index (χ3v) is 4.30. The minimum atomic E-state index is -0.369. The van der Waals surface area contributed by atoms with Crippen LogP contribution in [0.3, 0.4) is 0 Å². The van der Waals surface area contributed by atoms with E-state index in [1.54, 1.807) is 21.7 Å². The second kappa shape index (κ2) is 7.85. The lowest BCUT2D eigenvalue weighted by molar-refractivity contribution is -0.141. The monoisotopic (exact) mass is 353 g/mol. The van der Waals surface area contributed by atoms with Gasteiger partial charge in [-0.1, -0.05) is 18.2 Å². The fourth-order valence-electron chi connectivity index (χ4n) is 2.96. The molecule has 134 valence electrons. The van der Waals surface area contributed by atoms with E-state index in [0.717, 1.165) is 10.9 Å². The van der Waals surface area contributed by atoms with Gasteiger partial charge in [-0.3, -0.25) is 9.59 Å². The van der Waals surface area contributed by atoms with Gasteiger partial charge in [0.05, 0.1) is 20.3 Å². The molecule has 2 aromatic rings. The summed E-state index contributed by atoms with van der Waals surface area (Å²) in [6.45, 7) is 1.96. The van der Waals surface area contributed by atoms with Gasteiger partial charge in [0.1, 0.15) is 18.2 Å². The number of rotatable bonds is 4. The van der Waals surface area contributed by atoms with Crippen LogP contribution >= 0.6 is 0 Å². The number of nitriles is 1. The van der Waals surface area contributed by atoms with Crippen LogP contribution in [0.5, 0.6) is 0 Å². The lowest BCUT2D eigenvalue weighted by Gasteiger charge is -2.26. The van der Waals surface area contributed by atoms with Gasteiger partial charge in [-0.05, 0) is 12.1 Å². The Bertz CT molecular complexity index is 901. The molecule has 0 atom stereocenters. The Kier molecular flexibility index (Phi) is 5.34. The quantitative estimate of drug-likeness (QED) is 0.473. The number of amides is 1. The van der Waals surface area contributed by atoms with E-state index in [9.17, 15) is 14.9 Å². The van der Waals surface area contributed by atoms with Gasteiger partial charge in [-0.15, -0.1) is 0 Å². The van der Waals surface area contributed by atoms with Crippen molar-refractivity contribution in [2.45, 2.75) is 6.54 Å². The maximum Gasteiger partial charge on any atom is 0.325 e. The summed E-state index contributed by atoms with van der Waals surface area (Å²) in [4.78, 5) is 25.9. The Morgan fingerprint density at radius 1 is 1.31 bits per heavy atom. The van der Waals surface area contributed by atoms with Gasteiger partial charge in [-0.25, -0.2) is 0 Å². The zero-order valence-corrected chi connectivity index (χ0v) is 14.5. The summed E-state index contributed by atoms with van der Waals surface area (Å²) in [5.74, 6) is -0.674. The molecule has 1 aliphatic rings. The van der Waals surface area contributed by atoms with Crippen molar-refractivity contribution in [3.63, 3.8) is 0 Å². The lowest BCUT2D eigenvalue weighted by Crippen LogP contribution is -2.41. The second-order valence-corrected chi connectivity index (χ2v) is 5.88. The van der Waals surface area contributed by atoms with Crippen molar-refractivity contribution in [1.82, 2.24) is 9.47 Å². The molecule has 26 heavy (non-hydrogen) atoms. The molecule has 0 N–H and O–H groups in total. The summed E-state index contributed by atoms with van der Waals surface area (Å²) in [5.41, 5.74) is 1.61. The molecule has 1 aliphatic heterocycles. The smallest absolute Gasteiger partial charge is 0.325 e. The number of morpholine rings is 1. The molecule has 7 nitrogen and oxygen atoms in total. The SMILES string of the molecule is COC(=O)Cn1cc(C=C(C#N)C(=O)N2CCOCC2)c2ccccc21. The topological polar surface area (TPSA) is 84.6 Å². The number of carbonyl (C=O) groups excluding carboxylic acids is 2. The third-order valence-electron chi connectivity index (χ3n) is 4.30. The zero-order valence-electron chi connectivity index (χ0n) is 14.5. The summed E-state index contributed by atoms with van der Waals surface area (Å²) >= 11 is 0. The fraction of sp³-hybridized carbons (Fsp3) is 0.316. The van der Waals surface area contributed by atoms with Gasteiger partial charge >= 0.3 is 5.97 Å². The van der Waals surface area contributed by atoms with Crippen molar-refractivity contribution in [2.75, 3.05) is 33.4 Å². The number of ether oxygens (including phenoxy) is 2. The van der Waals surface area contributed by atoms with Crippen LogP contribution in [0.15, 0.2) is 36.0 Å². The molecule has 1 saturated heterocycles. The fourth-order valence-corrected chi connectivity index (χ4v) is 2.96. The highest BCUT2D eigenvalue weighted by molar-refractivity contribution is 6.04. The predicted octanol–water partition coefficient (Wildman–Crippen LogP) is 1.58. The predicted molar refractivity (Wildman–Crippen MR) is 94.9 cm³/mol. The Morgan fingerprint density at radius 3 is 2.73 bits per heavy atom. The molecular weight excluding hydrogens is 334 g/mol. The number of para-hydroxylation sites is 1. The average molecular weight is 353 g/mol. The first-order valence-electron chi connectivity index (χ1n) is 8.27. The molecular formula is C19H19N3O4. The Labute approximate surface area is 151 Å². The van der Waals surface area contributed by atoms with Crippen LogP contribution in [0.1, 0.15) is 5.56 Å². The number of carbonyl (C=O) groups is 2. The summed E-state index contributed by atoms with van der Waals surface area (Å²) in [6, 6.07) is 9.52. The minimum Gasteiger partial charge on any atom is -0.468 e. The number of methoxy groups -OCH3 is 1. The first-order chi connectivity index (χ1) is 12.6. The molecule has 0 spiro atoms. The van der Waals surface area contributed by atoms with Crippen LogP contribution in [-0.4, -0.2) is 54.8 Å². The molecule has 1 aromatic heterocycles. The number of aromatic nitrogens is 1. The van der Waals surface area contributed by atoms with Gasteiger partial charge in [-0.2, -0.15) is 5.26 Å². The number of benzene rings is 1. The van der Waals surface area contributed by atoms with E-state index in [-0.39, 0.29) is 24.0 Å². The van der Waals surface area contributed by atoms with Crippen LogP contribution < -0.4 is 0 Å². The molecule has 1 fully saturated rings. The normalized spacial score (nSPS) is 14.9. The van der Waals surface area contributed by atoms with Crippen molar-refractivity contribution in [3.05, 3.63) is 41.6 Å². The molecule has 0 bridgehead atoms. The van der Waals surface area contributed by atoms with Crippen molar-refractivity contribution in [1.29, 1.82) is 5.26 Å². The van der Waals surface area contributed by atoms with E-state index < -0.39 is 0 Å². The molecule has 2 heterocycles. The van der Waals surface area contributed by atoms with E-state index in [0.29, 0.717) is 31.9 Å². The van der Waals surface area contributed by atoms with Crippen LogP contribution in [0.25, 0.3) is 17.0 Å². The van der Waals surface area contributed by atoms with E-state index in [1.165, 1.54) is 7.11 Å². The maximum absolute atomic E-state index is 12.6.